The molecule has 0 aliphatic heterocycles. The Balaban J connectivity index is 0.00000320. The summed E-state index contributed by atoms with van der Waals surface area (Å²) < 4.78 is 2.09. The van der Waals surface area contributed by atoms with E-state index in [1.54, 1.807) is 0 Å². The molecule has 0 saturated heterocycles. The molecule has 0 radical (unpaired) electrons. The smallest absolute Gasteiger partial charge is 0.166 e. The summed E-state index contributed by atoms with van der Waals surface area (Å²) in [5.74, 6) is 0.875. The van der Waals surface area contributed by atoms with Crippen molar-refractivity contribution in [1.29, 1.82) is 0 Å². The maximum atomic E-state index is 6.53. The standard InChI is InChI=1S/C25H32Cl2N2.BrH/c1-3-4-5-6-7-8-9-10-13-16-29-24(27)23(26)28-25(29)22-18-19(2)17-20-14-11-12-15-21(20)22;/h11-12,14-15,17-18H,3-10,13,16H2,1-2H3;1H. The highest BCUT2D eigenvalue weighted by Crippen LogP contribution is 2.34. The number of fused-ring (bicyclic) bond motifs is 1. The van der Waals surface area contributed by atoms with Crippen LogP contribution in [0.1, 0.15) is 70.3 Å². The molecule has 3 rings (SSSR count). The molecule has 0 saturated carbocycles. The Labute approximate surface area is 201 Å². The molecule has 0 unspecified atom stereocenters. The zero-order chi connectivity index (χ0) is 20.6. The van der Waals surface area contributed by atoms with Gasteiger partial charge in [0.05, 0.1) is 0 Å². The van der Waals surface area contributed by atoms with Crippen molar-refractivity contribution < 1.29 is 0 Å². The van der Waals surface area contributed by atoms with Gasteiger partial charge in [0.2, 0.25) is 0 Å². The molecule has 0 spiro atoms. The molecular formula is C25H33BrCl2N2. The maximum absolute atomic E-state index is 6.53. The maximum Gasteiger partial charge on any atom is 0.166 e. The fourth-order valence-corrected chi connectivity index (χ4v) is 4.43. The van der Waals surface area contributed by atoms with E-state index >= 15 is 0 Å². The molecule has 0 N–H and O–H groups in total. The zero-order valence-corrected chi connectivity index (χ0v) is 21.3. The number of unbranched alkanes of at least 4 members (excludes halogenated alkanes) is 8. The average molecular weight is 512 g/mol. The van der Waals surface area contributed by atoms with Crippen molar-refractivity contribution in [2.45, 2.75) is 78.2 Å². The van der Waals surface area contributed by atoms with Gasteiger partial charge >= 0.3 is 0 Å². The number of nitrogens with zero attached hydrogens (tertiary/aromatic N) is 2. The lowest BCUT2D eigenvalue weighted by Crippen LogP contribution is -2.02. The van der Waals surface area contributed by atoms with Crippen LogP contribution in [-0.4, -0.2) is 9.55 Å². The van der Waals surface area contributed by atoms with E-state index in [0.29, 0.717) is 10.3 Å². The van der Waals surface area contributed by atoms with Crippen molar-refractivity contribution in [3.05, 3.63) is 52.3 Å². The first-order valence-corrected chi connectivity index (χ1v) is 11.8. The van der Waals surface area contributed by atoms with E-state index in [0.717, 1.165) is 24.4 Å². The molecule has 0 bridgehead atoms. The second-order valence-electron chi connectivity index (χ2n) is 8.03. The lowest BCUT2D eigenvalue weighted by atomic mass is 10.0. The summed E-state index contributed by atoms with van der Waals surface area (Å²) >= 11 is 12.9. The third-order valence-corrected chi connectivity index (χ3v) is 6.34. The van der Waals surface area contributed by atoms with Crippen LogP contribution in [0.3, 0.4) is 0 Å². The van der Waals surface area contributed by atoms with Crippen LogP contribution in [0.5, 0.6) is 0 Å². The van der Waals surface area contributed by atoms with Crippen molar-refractivity contribution in [3.63, 3.8) is 0 Å². The second kappa shape index (κ2) is 12.7. The monoisotopic (exact) mass is 510 g/mol. The van der Waals surface area contributed by atoms with Gasteiger partial charge in [0.25, 0.3) is 0 Å². The van der Waals surface area contributed by atoms with Crippen LogP contribution in [-0.2, 0) is 6.54 Å². The number of rotatable bonds is 11. The first-order valence-electron chi connectivity index (χ1n) is 11.0. The highest BCUT2D eigenvalue weighted by molar-refractivity contribution is 8.93. The van der Waals surface area contributed by atoms with Gasteiger partial charge in [-0.3, -0.25) is 0 Å². The summed E-state index contributed by atoms with van der Waals surface area (Å²) in [5, 5.41) is 3.34. The minimum absolute atomic E-state index is 0. The van der Waals surface area contributed by atoms with Crippen molar-refractivity contribution in [3.8, 4) is 11.4 Å². The summed E-state index contributed by atoms with van der Waals surface area (Å²) in [6, 6.07) is 12.8. The van der Waals surface area contributed by atoms with Crippen molar-refractivity contribution in [2.24, 2.45) is 0 Å². The van der Waals surface area contributed by atoms with Crippen LogP contribution in [0.25, 0.3) is 22.2 Å². The van der Waals surface area contributed by atoms with Gasteiger partial charge in [-0.2, -0.15) is 0 Å². The Morgan fingerprint density at radius 3 is 2.20 bits per heavy atom. The second-order valence-corrected chi connectivity index (χ2v) is 8.75. The van der Waals surface area contributed by atoms with Crippen molar-refractivity contribution in [2.75, 3.05) is 0 Å². The van der Waals surface area contributed by atoms with Gasteiger partial charge in [0.15, 0.2) is 5.15 Å². The molecule has 0 amide bonds. The van der Waals surface area contributed by atoms with Gasteiger partial charge < -0.3 is 4.57 Å². The van der Waals surface area contributed by atoms with E-state index in [-0.39, 0.29) is 17.0 Å². The van der Waals surface area contributed by atoms with Crippen LogP contribution in [0.15, 0.2) is 36.4 Å². The molecule has 2 aromatic carbocycles. The first kappa shape index (κ1) is 25.2. The summed E-state index contributed by atoms with van der Waals surface area (Å²) in [6.45, 7) is 5.24. The van der Waals surface area contributed by atoms with Crippen LogP contribution in [0.4, 0.5) is 0 Å². The molecule has 3 aromatic rings. The van der Waals surface area contributed by atoms with Gasteiger partial charge in [-0.1, -0.05) is 112 Å². The number of benzene rings is 2. The molecule has 2 nitrogen and oxygen atoms in total. The molecule has 0 aliphatic rings. The zero-order valence-electron chi connectivity index (χ0n) is 18.1. The van der Waals surface area contributed by atoms with Gasteiger partial charge in [-0.05, 0) is 35.7 Å². The van der Waals surface area contributed by atoms with Gasteiger partial charge in [-0.15, -0.1) is 17.0 Å². The molecular weight excluding hydrogens is 479 g/mol. The molecule has 1 aromatic heterocycles. The number of aryl methyl sites for hydroxylation is 1. The number of hydrogen-bond donors (Lipinski definition) is 0. The Bertz CT molecular complexity index is 936. The average Bonchev–Trinajstić information content (AvgIpc) is 3.00. The molecule has 0 fully saturated rings. The van der Waals surface area contributed by atoms with E-state index in [1.165, 1.54) is 67.7 Å². The summed E-state index contributed by atoms with van der Waals surface area (Å²) in [4.78, 5) is 4.62. The third-order valence-electron chi connectivity index (χ3n) is 5.60. The fraction of sp³-hybridized carbons (Fsp3) is 0.480. The predicted molar refractivity (Wildman–Crippen MR) is 137 cm³/mol. The third kappa shape index (κ3) is 6.48. The van der Waals surface area contributed by atoms with Crippen molar-refractivity contribution >= 4 is 51.0 Å². The minimum atomic E-state index is 0. The van der Waals surface area contributed by atoms with Crippen LogP contribution < -0.4 is 0 Å². The Morgan fingerprint density at radius 2 is 1.50 bits per heavy atom. The van der Waals surface area contributed by atoms with E-state index in [1.807, 2.05) is 0 Å². The quantitative estimate of drug-likeness (QED) is 0.234. The molecule has 30 heavy (non-hydrogen) atoms. The van der Waals surface area contributed by atoms with Crippen LogP contribution in [0.2, 0.25) is 10.3 Å². The first-order chi connectivity index (χ1) is 14.1. The lowest BCUT2D eigenvalue weighted by molar-refractivity contribution is 0.540. The summed E-state index contributed by atoms with van der Waals surface area (Å²) in [7, 11) is 0. The summed E-state index contributed by atoms with van der Waals surface area (Å²) in [6.07, 6.45) is 11.7. The number of hydrogen-bond acceptors (Lipinski definition) is 1. The Morgan fingerprint density at radius 1 is 0.867 bits per heavy atom. The van der Waals surface area contributed by atoms with Gasteiger partial charge in [0, 0.05) is 12.1 Å². The fourth-order valence-electron chi connectivity index (χ4n) is 4.04. The number of aromatic nitrogens is 2. The normalized spacial score (nSPS) is 11.1. The van der Waals surface area contributed by atoms with Crippen molar-refractivity contribution in [1.82, 2.24) is 9.55 Å². The Kier molecular flexibility index (Phi) is 10.7. The van der Waals surface area contributed by atoms with E-state index in [2.05, 4.69) is 59.8 Å². The predicted octanol–water partition coefficient (Wildman–Crippen LogP) is 9.43. The van der Waals surface area contributed by atoms with E-state index in [4.69, 9.17) is 23.2 Å². The molecule has 0 aliphatic carbocycles. The number of halogens is 3. The van der Waals surface area contributed by atoms with Crippen LogP contribution in [0, 0.1) is 6.92 Å². The SMILES string of the molecule is Br.CCCCCCCCCCCn1c(-c2cc(C)cc3ccccc23)nc(Cl)c1Cl. The largest absolute Gasteiger partial charge is 0.314 e. The summed E-state index contributed by atoms with van der Waals surface area (Å²) in [5.41, 5.74) is 2.31. The molecule has 5 heteroatoms. The highest BCUT2D eigenvalue weighted by atomic mass is 79.9. The van der Waals surface area contributed by atoms with E-state index in [9.17, 15) is 0 Å². The highest BCUT2D eigenvalue weighted by Gasteiger charge is 2.17. The molecule has 1 heterocycles. The lowest BCUT2D eigenvalue weighted by Gasteiger charge is -2.12. The van der Waals surface area contributed by atoms with Crippen LogP contribution >= 0.6 is 40.2 Å². The van der Waals surface area contributed by atoms with E-state index < -0.39 is 0 Å². The van der Waals surface area contributed by atoms with Gasteiger partial charge in [0.1, 0.15) is 11.0 Å². The number of imidazole rings is 1. The minimum Gasteiger partial charge on any atom is -0.314 e. The topological polar surface area (TPSA) is 17.8 Å². The Hall–Kier alpha value is -1.03. The molecule has 0 atom stereocenters. The van der Waals surface area contributed by atoms with Gasteiger partial charge in [-0.25, -0.2) is 4.98 Å². The molecule has 164 valence electrons.